The molecule has 0 saturated carbocycles. The highest BCUT2D eigenvalue weighted by molar-refractivity contribution is 5.31. The summed E-state index contributed by atoms with van der Waals surface area (Å²) in [7, 11) is 0. The first-order valence-electron chi connectivity index (χ1n) is 6.33. The largest absolute Gasteiger partial charge is 0.494 e. The van der Waals surface area contributed by atoms with Gasteiger partial charge in [-0.2, -0.15) is 0 Å². The lowest BCUT2D eigenvalue weighted by Gasteiger charge is -2.24. The van der Waals surface area contributed by atoms with Gasteiger partial charge in [0, 0.05) is 0 Å². The molecule has 90 valence electrons. The van der Waals surface area contributed by atoms with E-state index >= 15 is 0 Å². The molecule has 0 radical (unpaired) electrons. The Morgan fingerprint density at radius 3 is 2.12 bits per heavy atom. The van der Waals surface area contributed by atoms with E-state index in [0.717, 1.165) is 18.8 Å². The Balaban J connectivity index is 2.70. The van der Waals surface area contributed by atoms with Crippen LogP contribution >= 0.6 is 0 Å². The number of ether oxygens (including phenoxy) is 1. The van der Waals surface area contributed by atoms with Gasteiger partial charge in [-0.25, -0.2) is 0 Å². The van der Waals surface area contributed by atoms with E-state index in [1.54, 1.807) is 0 Å². The van der Waals surface area contributed by atoms with Gasteiger partial charge in [0.1, 0.15) is 5.75 Å². The van der Waals surface area contributed by atoms with E-state index in [1.807, 2.05) is 0 Å². The maximum Gasteiger partial charge on any atom is 0.119 e. The average Bonchev–Trinajstić information content (AvgIpc) is 2.27. The molecule has 1 rings (SSSR count). The molecule has 0 N–H and O–H groups in total. The van der Waals surface area contributed by atoms with Crippen LogP contribution < -0.4 is 4.74 Å². The number of hydrogen-bond donors (Lipinski definition) is 0. The maximum atomic E-state index is 5.58. The molecule has 0 amide bonds. The van der Waals surface area contributed by atoms with E-state index in [2.05, 4.69) is 52.0 Å². The molecule has 1 aromatic carbocycles. The first-order valence-corrected chi connectivity index (χ1v) is 6.33. The van der Waals surface area contributed by atoms with E-state index in [9.17, 15) is 0 Å². The molecular formula is C15H24O. The van der Waals surface area contributed by atoms with Crippen molar-refractivity contribution >= 4 is 0 Å². The van der Waals surface area contributed by atoms with Gasteiger partial charge in [0.2, 0.25) is 0 Å². The molecule has 16 heavy (non-hydrogen) atoms. The molecule has 0 atom stereocenters. The molecule has 0 aliphatic carbocycles. The van der Waals surface area contributed by atoms with Crippen LogP contribution in [0.3, 0.4) is 0 Å². The van der Waals surface area contributed by atoms with Crippen LogP contribution in [-0.2, 0) is 5.41 Å². The third-order valence-corrected chi connectivity index (χ3v) is 2.98. The molecule has 0 spiro atoms. The monoisotopic (exact) mass is 220 g/mol. The smallest absolute Gasteiger partial charge is 0.119 e. The molecule has 0 saturated heterocycles. The van der Waals surface area contributed by atoms with Crippen LogP contribution in [0.15, 0.2) is 24.3 Å². The van der Waals surface area contributed by atoms with E-state index in [0.29, 0.717) is 0 Å². The average molecular weight is 220 g/mol. The van der Waals surface area contributed by atoms with Gasteiger partial charge in [0.15, 0.2) is 0 Å². The van der Waals surface area contributed by atoms with Crippen LogP contribution in [0.25, 0.3) is 0 Å². The predicted octanol–water partition coefficient (Wildman–Crippen LogP) is 4.55. The highest BCUT2D eigenvalue weighted by Gasteiger charge is 2.18. The summed E-state index contributed by atoms with van der Waals surface area (Å²) in [6.07, 6.45) is 3.51. The van der Waals surface area contributed by atoms with Crippen LogP contribution in [0.4, 0.5) is 0 Å². The fourth-order valence-corrected chi connectivity index (χ4v) is 1.99. The van der Waals surface area contributed by atoms with Crippen molar-refractivity contribution in [3.63, 3.8) is 0 Å². The SMILES string of the molecule is CCCOc1ccc(C(C)(C)CCC)cc1. The quantitative estimate of drug-likeness (QED) is 0.683. The van der Waals surface area contributed by atoms with Gasteiger partial charge in [0.25, 0.3) is 0 Å². The minimum Gasteiger partial charge on any atom is -0.494 e. The minimum absolute atomic E-state index is 0.276. The Bertz CT molecular complexity index is 298. The first-order chi connectivity index (χ1) is 7.60. The van der Waals surface area contributed by atoms with Crippen molar-refractivity contribution in [2.24, 2.45) is 0 Å². The van der Waals surface area contributed by atoms with E-state index < -0.39 is 0 Å². The van der Waals surface area contributed by atoms with Gasteiger partial charge in [-0.3, -0.25) is 0 Å². The summed E-state index contributed by atoms with van der Waals surface area (Å²) in [5.74, 6) is 0.984. The van der Waals surface area contributed by atoms with Gasteiger partial charge in [-0.15, -0.1) is 0 Å². The summed E-state index contributed by atoms with van der Waals surface area (Å²) >= 11 is 0. The lowest BCUT2D eigenvalue weighted by Crippen LogP contribution is -2.16. The second-order valence-electron chi connectivity index (χ2n) is 5.01. The first kappa shape index (κ1) is 13.1. The van der Waals surface area contributed by atoms with Crippen molar-refractivity contribution in [2.45, 2.75) is 52.4 Å². The van der Waals surface area contributed by atoms with Crippen LogP contribution in [-0.4, -0.2) is 6.61 Å². The van der Waals surface area contributed by atoms with Crippen molar-refractivity contribution in [1.29, 1.82) is 0 Å². The van der Waals surface area contributed by atoms with E-state index in [4.69, 9.17) is 4.74 Å². The topological polar surface area (TPSA) is 9.23 Å². The maximum absolute atomic E-state index is 5.58. The molecule has 0 heterocycles. The summed E-state index contributed by atoms with van der Waals surface area (Å²) in [6, 6.07) is 8.56. The number of benzene rings is 1. The van der Waals surface area contributed by atoms with Crippen LogP contribution in [0.5, 0.6) is 5.75 Å². The van der Waals surface area contributed by atoms with E-state index in [1.165, 1.54) is 18.4 Å². The zero-order chi connectivity index (χ0) is 12.0. The van der Waals surface area contributed by atoms with E-state index in [-0.39, 0.29) is 5.41 Å². The zero-order valence-electron chi connectivity index (χ0n) is 11.0. The summed E-state index contributed by atoms with van der Waals surface area (Å²) in [4.78, 5) is 0. The lowest BCUT2D eigenvalue weighted by molar-refractivity contribution is 0.317. The van der Waals surface area contributed by atoms with Crippen molar-refractivity contribution < 1.29 is 4.74 Å². The van der Waals surface area contributed by atoms with Gasteiger partial charge in [-0.1, -0.05) is 46.2 Å². The predicted molar refractivity (Wildman–Crippen MR) is 70.2 cm³/mol. The van der Waals surface area contributed by atoms with Crippen LogP contribution in [0.1, 0.15) is 52.5 Å². The number of hydrogen-bond acceptors (Lipinski definition) is 1. The highest BCUT2D eigenvalue weighted by atomic mass is 16.5. The highest BCUT2D eigenvalue weighted by Crippen LogP contribution is 2.29. The lowest BCUT2D eigenvalue weighted by atomic mass is 9.81. The van der Waals surface area contributed by atoms with Gasteiger partial charge < -0.3 is 4.74 Å². The Morgan fingerprint density at radius 2 is 1.62 bits per heavy atom. The summed E-state index contributed by atoms with van der Waals surface area (Å²) < 4.78 is 5.58. The molecular weight excluding hydrogens is 196 g/mol. The molecule has 1 nitrogen and oxygen atoms in total. The second-order valence-corrected chi connectivity index (χ2v) is 5.01. The number of rotatable bonds is 6. The van der Waals surface area contributed by atoms with Crippen LogP contribution in [0.2, 0.25) is 0 Å². The standard InChI is InChI=1S/C15H24O/c1-5-11-15(3,4)13-7-9-14(10-8-13)16-12-6-2/h7-10H,5-6,11-12H2,1-4H3. The minimum atomic E-state index is 0.276. The zero-order valence-corrected chi connectivity index (χ0v) is 11.0. The van der Waals surface area contributed by atoms with Gasteiger partial charge in [-0.05, 0) is 36.0 Å². The molecule has 0 unspecified atom stereocenters. The molecule has 0 aromatic heterocycles. The Hall–Kier alpha value is -0.980. The fourth-order valence-electron chi connectivity index (χ4n) is 1.99. The third kappa shape index (κ3) is 3.55. The Labute approximate surface area is 99.8 Å². The molecule has 1 aromatic rings. The normalized spacial score (nSPS) is 11.5. The molecule has 0 bridgehead atoms. The fraction of sp³-hybridized carbons (Fsp3) is 0.600. The summed E-state index contributed by atoms with van der Waals surface area (Å²) in [6.45, 7) is 9.77. The third-order valence-electron chi connectivity index (χ3n) is 2.98. The molecule has 0 fully saturated rings. The van der Waals surface area contributed by atoms with Gasteiger partial charge in [0.05, 0.1) is 6.61 Å². The van der Waals surface area contributed by atoms with Crippen molar-refractivity contribution in [2.75, 3.05) is 6.61 Å². The van der Waals surface area contributed by atoms with Crippen LogP contribution in [0, 0.1) is 0 Å². The molecule has 0 aliphatic rings. The summed E-state index contributed by atoms with van der Waals surface area (Å²) in [5.41, 5.74) is 1.68. The molecule has 1 heteroatoms. The summed E-state index contributed by atoms with van der Waals surface area (Å²) in [5, 5.41) is 0. The molecule has 0 aliphatic heterocycles. The van der Waals surface area contributed by atoms with Crippen molar-refractivity contribution in [3.8, 4) is 5.75 Å². The van der Waals surface area contributed by atoms with Crippen molar-refractivity contribution in [1.82, 2.24) is 0 Å². The Morgan fingerprint density at radius 1 is 1.00 bits per heavy atom. The van der Waals surface area contributed by atoms with Crippen molar-refractivity contribution in [3.05, 3.63) is 29.8 Å². The second kappa shape index (κ2) is 5.93. The Kier molecular flexibility index (Phi) is 4.85. The van der Waals surface area contributed by atoms with Gasteiger partial charge >= 0.3 is 0 Å².